The second-order valence-corrected chi connectivity index (χ2v) is 5.14. The number of aryl methyl sites for hydroxylation is 1. The number of amides is 1. The molecule has 1 amide bonds. The summed E-state index contributed by atoms with van der Waals surface area (Å²) in [6, 6.07) is 5.50. The van der Waals surface area contributed by atoms with Crippen LogP contribution in [0.15, 0.2) is 18.2 Å². The summed E-state index contributed by atoms with van der Waals surface area (Å²) in [6.07, 6.45) is 0.514. The van der Waals surface area contributed by atoms with E-state index in [9.17, 15) is 4.79 Å². The number of hydrogen-bond acceptors (Lipinski definition) is 3. The van der Waals surface area contributed by atoms with Crippen molar-refractivity contribution in [3.8, 4) is 5.75 Å². The average molecular weight is 299 g/mol. The molecular weight excluding hydrogens is 276 g/mol. The van der Waals surface area contributed by atoms with Gasteiger partial charge in [-0.2, -0.15) is 0 Å². The van der Waals surface area contributed by atoms with E-state index in [2.05, 4.69) is 17.6 Å². The van der Waals surface area contributed by atoms with Crippen LogP contribution in [-0.4, -0.2) is 31.6 Å². The Balaban J connectivity index is 2.39. The third kappa shape index (κ3) is 5.80. The Bertz CT molecular complexity index is 438. The average Bonchev–Trinajstić information content (AvgIpc) is 2.42. The highest BCUT2D eigenvalue weighted by atomic mass is 35.5. The minimum Gasteiger partial charge on any atom is -0.479 e. The lowest BCUT2D eigenvalue weighted by Gasteiger charge is -2.16. The van der Waals surface area contributed by atoms with Gasteiger partial charge in [-0.05, 0) is 44.5 Å². The molecule has 5 heteroatoms. The van der Waals surface area contributed by atoms with Crippen molar-refractivity contribution in [3.05, 3.63) is 28.8 Å². The molecule has 0 heterocycles. The van der Waals surface area contributed by atoms with Gasteiger partial charge in [-0.15, -0.1) is 0 Å². The Morgan fingerprint density at radius 2 is 2.10 bits per heavy atom. The van der Waals surface area contributed by atoms with Crippen molar-refractivity contribution < 1.29 is 9.53 Å². The van der Waals surface area contributed by atoms with Gasteiger partial charge in [-0.3, -0.25) is 4.79 Å². The molecule has 1 unspecified atom stereocenters. The van der Waals surface area contributed by atoms with Crippen LogP contribution >= 0.6 is 11.6 Å². The molecule has 1 aromatic rings. The Labute approximate surface area is 125 Å². The smallest absolute Gasteiger partial charge is 0.260 e. The molecule has 20 heavy (non-hydrogen) atoms. The Hall–Kier alpha value is -1.26. The molecule has 1 aromatic carbocycles. The number of benzene rings is 1. The third-order valence-corrected chi connectivity index (χ3v) is 3.10. The van der Waals surface area contributed by atoms with Crippen LogP contribution in [0.2, 0.25) is 5.02 Å². The Morgan fingerprint density at radius 1 is 1.35 bits per heavy atom. The van der Waals surface area contributed by atoms with E-state index >= 15 is 0 Å². The van der Waals surface area contributed by atoms with Gasteiger partial charge in [-0.1, -0.05) is 24.6 Å². The predicted molar refractivity (Wildman–Crippen MR) is 82.4 cm³/mol. The summed E-state index contributed by atoms with van der Waals surface area (Å²) in [5.41, 5.74) is 1.04. The van der Waals surface area contributed by atoms with E-state index in [0.29, 0.717) is 17.3 Å². The lowest BCUT2D eigenvalue weighted by Crippen LogP contribution is -2.39. The molecule has 0 spiro atoms. The van der Waals surface area contributed by atoms with Crippen LogP contribution in [0.3, 0.4) is 0 Å². The van der Waals surface area contributed by atoms with Crippen molar-refractivity contribution in [1.82, 2.24) is 10.6 Å². The van der Waals surface area contributed by atoms with Crippen molar-refractivity contribution in [2.24, 2.45) is 0 Å². The van der Waals surface area contributed by atoms with Crippen molar-refractivity contribution in [3.63, 3.8) is 0 Å². The molecule has 0 aliphatic heterocycles. The first-order valence-electron chi connectivity index (χ1n) is 6.95. The van der Waals surface area contributed by atoms with Crippen molar-refractivity contribution in [2.75, 3.05) is 19.6 Å². The summed E-state index contributed by atoms with van der Waals surface area (Å²) in [5.74, 6) is 0.402. The quantitative estimate of drug-likeness (QED) is 0.725. The summed E-state index contributed by atoms with van der Waals surface area (Å²) in [5, 5.41) is 6.56. The molecule has 1 atom stereocenters. The van der Waals surface area contributed by atoms with Gasteiger partial charge in [0.25, 0.3) is 5.91 Å². The van der Waals surface area contributed by atoms with E-state index in [1.807, 2.05) is 19.1 Å². The van der Waals surface area contributed by atoms with Crippen LogP contribution in [0.25, 0.3) is 0 Å². The van der Waals surface area contributed by atoms with Gasteiger partial charge in [0, 0.05) is 13.1 Å². The number of carbonyl (C=O) groups is 1. The molecule has 0 aliphatic rings. The molecule has 0 fully saturated rings. The number of ether oxygens (including phenoxy) is 1. The fraction of sp³-hybridized carbons (Fsp3) is 0.533. The summed E-state index contributed by atoms with van der Waals surface area (Å²) < 4.78 is 5.60. The second-order valence-electron chi connectivity index (χ2n) is 4.73. The molecule has 0 aromatic heterocycles. The minimum absolute atomic E-state index is 0.138. The van der Waals surface area contributed by atoms with Crippen molar-refractivity contribution in [2.45, 2.75) is 33.3 Å². The van der Waals surface area contributed by atoms with Crippen molar-refractivity contribution in [1.29, 1.82) is 0 Å². The van der Waals surface area contributed by atoms with Gasteiger partial charge in [0.2, 0.25) is 0 Å². The highest BCUT2D eigenvalue weighted by Crippen LogP contribution is 2.26. The molecule has 2 N–H and O–H groups in total. The maximum Gasteiger partial charge on any atom is 0.260 e. The summed E-state index contributed by atoms with van der Waals surface area (Å²) >= 11 is 6.04. The summed E-state index contributed by atoms with van der Waals surface area (Å²) in [7, 11) is 0. The number of nitrogens with one attached hydrogen (secondary N) is 2. The van der Waals surface area contributed by atoms with Gasteiger partial charge in [0.05, 0.1) is 5.02 Å². The van der Waals surface area contributed by atoms with E-state index < -0.39 is 6.10 Å². The molecular formula is C15H23ClN2O2. The Morgan fingerprint density at radius 3 is 2.80 bits per heavy atom. The van der Waals surface area contributed by atoms with Crippen LogP contribution in [0.4, 0.5) is 0 Å². The van der Waals surface area contributed by atoms with E-state index in [-0.39, 0.29) is 5.91 Å². The fourth-order valence-corrected chi connectivity index (χ4v) is 1.83. The van der Waals surface area contributed by atoms with E-state index in [4.69, 9.17) is 16.3 Å². The summed E-state index contributed by atoms with van der Waals surface area (Å²) in [6.45, 7) is 8.08. The zero-order valence-electron chi connectivity index (χ0n) is 12.3. The molecule has 0 saturated heterocycles. The molecule has 0 saturated carbocycles. The van der Waals surface area contributed by atoms with Gasteiger partial charge in [-0.25, -0.2) is 0 Å². The van der Waals surface area contributed by atoms with Gasteiger partial charge < -0.3 is 15.4 Å². The van der Waals surface area contributed by atoms with Gasteiger partial charge >= 0.3 is 0 Å². The molecule has 0 aliphatic carbocycles. The molecule has 4 nitrogen and oxygen atoms in total. The summed E-state index contributed by atoms with van der Waals surface area (Å²) in [4.78, 5) is 11.9. The van der Waals surface area contributed by atoms with Gasteiger partial charge in [0.15, 0.2) is 6.10 Å². The standard InChI is InChI=1S/C15H23ClN2O2/c1-4-7-17-8-9-18-15(19)12(3)20-14-10-11(2)5-6-13(14)16/h5-6,10,12,17H,4,7-9H2,1-3H3,(H,18,19). The van der Waals surface area contributed by atoms with Gasteiger partial charge in [0.1, 0.15) is 5.75 Å². The zero-order valence-corrected chi connectivity index (χ0v) is 13.1. The molecule has 0 bridgehead atoms. The fourth-order valence-electron chi connectivity index (χ4n) is 1.66. The van der Waals surface area contributed by atoms with Crippen LogP contribution in [-0.2, 0) is 4.79 Å². The largest absolute Gasteiger partial charge is 0.479 e. The lowest BCUT2D eigenvalue weighted by molar-refractivity contribution is -0.127. The number of rotatable bonds is 8. The second kappa shape index (κ2) is 8.82. The molecule has 0 radical (unpaired) electrons. The number of hydrogen-bond donors (Lipinski definition) is 2. The van der Waals surface area contributed by atoms with E-state index in [0.717, 1.165) is 25.1 Å². The minimum atomic E-state index is -0.569. The normalized spacial score (nSPS) is 12.0. The number of halogens is 1. The third-order valence-electron chi connectivity index (χ3n) is 2.79. The first-order chi connectivity index (χ1) is 9.54. The van der Waals surface area contributed by atoms with Crippen LogP contribution in [0.1, 0.15) is 25.8 Å². The van der Waals surface area contributed by atoms with E-state index in [1.165, 1.54) is 0 Å². The zero-order chi connectivity index (χ0) is 15.0. The predicted octanol–water partition coefficient (Wildman–Crippen LogP) is 2.53. The van der Waals surface area contributed by atoms with Crippen molar-refractivity contribution >= 4 is 17.5 Å². The highest BCUT2D eigenvalue weighted by Gasteiger charge is 2.15. The SMILES string of the molecule is CCCNCCNC(=O)C(C)Oc1cc(C)ccc1Cl. The first-order valence-corrected chi connectivity index (χ1v) is 7.33. The first kappa shape index (κ1) is 16.8. The Kier molecular flexibility index (Phi) is 7.41. The van der Waals surface area contributed by atoms with Crippen LogP contribution in [0.5, 0.6) is 5.75 Å². The molecule has 1 rings (SSSR count). The van der Waals surface area contributed by atoms with Crippen LogP contribution < -0.4 is 15.4 Å². The molecule has 112 valence electrons. The monoisotopic (exact) mass is 298 g/mol. The van der Waals surface area contributed by atoms with E-state index in [1.54, 1.807) is 13.0 Å². The maximum atomic E-state index is 11.9. The van der Waals surface area contributed by atoms with Crippen LogP contribution in [0, 0.1) is 6.92 Å². The highest BCUT2D eigenvalue weighted by molar-refractivity contribution is 6.32. The maximum absolute atomic E-state index is 11.9. The topological polar surface area (TPSA) is 50.4 Å². The number of carbonyl (C=O) groups excluding carboxylic acids is 1. The lowest BCUT2D eigenvalue weighted by atomic mass is 10.2.